The molecule has 4 saturated carbocycles. The summed E-state index contributed by atoms with van der Waals surface area (Å²) in [5, 5.41) is 18.8. The average Bonchev–Trinajstić information content (AvgIpc) is 3.03. The van der Waals surface area contributed by atoms with Gasteiger partial charge in [-0.2, -0.15) is 0 Å². The number of hydrogen-bond acceptors (Lipinski definition) is 6. The van der Waals surface area contributed by atoms with Crippen LogP contribution in [0.3, 0.4) is 0 Å². The molecule has 3 atom stereocenters. The number of benzene rings is 3. The fourth-order valence-electron chi connectivity index (χ4n) is 8.44. The van der Waals surface area contributed by atoms with Crippen LogP contribution in [0.2, 0.25) is 0 Å². The van der Waals surface area contributed by atoms with Crippen LogP contribution in [0.15, 0.2) is 77.7 Å². The minimum absolute atomic E-state index is 0.00151. The molecule has 1 saturated heterocycles. The number of anilines is 2. The van der Waals surface area contributed by atoms with Crippen molar-refractivity contribution in [1.29, 1.82) is 0 Å². The van der Waals surface area contributed by atoms with Gasteiger partial charge in [0.2, 0.25) is 5.91 Å². The van der Waals surface area contributed by atoms with Crippen molar-refractivity contribution in [2.75, 3.05) is 16.4 Å². The number of aliphatic hydroxyl groups excluding tert-OH is 1. The fraction of sp³-hybridized carbons (Fsp3) is 0.459. The second kappa shape index (κ2) is 13.4. The highest BCUT2D eigenvalue weighted by atomic mass is 32.2. The second-order valence-corrected chi connectivity index (χ2v) is 14.9. The first-order valence-corrected chi connectivity index (χ1v) is 17.5. The third kappa shape index (κ3) is 7.28. The second-order valence-electron chi connectivity index (χ2n) is 13.8. The molecule has 9 heteroatoms. The van der Waals surface area contributed by atoms with Crippen LogP contribution in [0.4, 0.5) is 16.2 Å². The summed E-state index contributed by atoms with van der Waals surface area (Å²) < 4.78 is 13.0. The lowest BCUT2D eigenvalue weighted by atomic mass is 9.53. The van der Waals surface area contributed by atoms with Gasteiger partial charge in [0, 0.05) is 46.5 Å². The molecular weight excluding hydrogens is 598 g/mol. The molecule has 8 rings (SSSR count). The molecule has 0 radical (unpaired) electrons. The lowest BCUT2D eigenvalue weighted by Gasteiger charge is -2.56. The summed E-state index contributed by atoms with van der Waals surface area (Å²) in [6, 6.07) is 23.3. The zero-order valence-electron chi connectivity index (χ0n) is 26.2. The SMILES string of the molecule is CC(=O)Nc1ccc(SC[C@@H]2C[C@H](c3ccc(CO)cc3)O[C@H](c3ccc(NC(=O)NC45CC6CC(CC(C6)C4)C5)cc3)O2)cc1. The minimum Gasteiger partial charge on any atom is -0.392 e. The Bertz CT molecular complexity index is 1490. The predicted octanol–water partition coefficient (Wildman–Crippen LogP) is 7.57. The molecule has 4 bridgehead atoms. The Hall–Kier alpha value is -3.37. The summed E-state index contributed by atoms with van der Waals surface area (Å²) in [5.74, 6) is 2.96. The molecule has 4 N–H and O–H groups in total. The van der Waals surface area contributed by atoms with Crippen molar-refractivity contribution >= 4 is 35.1 Å². The molecule has 3 aromatic rings. The van der Waals surface area contributed by atoms with Gasteiger partial charge in [0.1, 0.15) is 0 Å². The highest BCUT2D eigenvalue weighted by molar-refractivity contribution is 7.99. The molecule has 8 nitrogen and oxygen atoms in total. The standard InChI is InChI=1S/C37H43N3O5S/c1-23(42)38-30-10-12-33(13-11-30)46-22-32-17-34(28-4-2-24(21-41)3-5-28)45-35(44-32)29-6-8-31(9-7-29)39-36(43)40-37-18-25-14-26(19-37)16-27(15-25)20-37/h2-13,25-27,32,34-35,41H,14-22H2,1H3,(H,38,42)(H2,39,40,43)/t25?,26?,27?,32-,34+,35+,37?/m0/s1. The Labute approximate surface area is 275 Å². The smallest absolute Gasteiger partial charge is 0.319 e. The molecule has 4 aliphatic carbocycles. The normalized spacial score (nSPS) is 29.7. The third-order valence-electron chi connectivity index (χ3n) is 10.1. The highest BCUT2D eigenvalue weighted by Crippen LogP contribution is 2.55. The van der Waals surface area contributed by atoms with Crippen molar-refractivity contribution in [1.82, 2.24) is 5.32 Å². The van der Waals surface area contributed by atoms with Crippen molar-refractivity contribution in [2.24, 2.45) is 17.8 Å². The van der Waals surface area contributed by atoms with Crippen LogP contribution < -0.4 is 16.0 Å². The molecule has 0 unspecified atom stereocenters. The number of hydrogen-bond donors (Lipinski definition) is 4. The third-order valence-corrected chi connectivity index (χ3v) is 11.2. The van der Waals surface area contributed by atoms with Crippen LogP contribution in [-0.2, 0) is 20.9 Å². The molecule has 1 heterocycles. The van der Waals surface area contributed by atoms with Gasteiger partial charge in [-0.05, 0) is 104 Å². The van der Waals surface area contributed by atoms with Gasteiger partial charge >= 0.3 is 6.03 Å². The summed E-state index contributed by atoms with van der Waals surface area (Å²) in [7, 11) is 0. The number of nitrogens with one attached hydrogen (secondary N) is 3. The Morgan fingerprint density at radius 3 is 1.98 bits per heavy atom. The first-order chi connectivity index (χ1) is 22.3. The number of ether oxygens (including phenoxy) is 2. The van der Waals surface area contributed by atoms with E-state index in [2.05, 4.69) is 16.0 Å². The van der Waals surface area contributed by atoms with Crippen LogP contribution in [0.25, 0.3) is 0 Å². The van der Waals surface area contributed by atoms with Gasteiger partial charge in [0.25, 0.3) is 0 Å². The molecule has 242 valence electrons. The maximum absolute atomic E-state index is 13.1. The number of urea groups is 1. The van der Waals surface area contributed by atoms with Gasteiger partial charge < -0.3 is 30.5 Å². The van der Waals surface area contributed by atoms with Crippen LogP contribution in [0, 0.1) is 17.8 Å². The maximum atomic E-state index is 13.1. The quantitative estimate of drug-likeness (QED) is 0.180. The molecule has 0 aromatic heterocycles. The van der Waals surface area contributed by atoms with E-state index in [9.17, 15) is 14.7 Å². The largest absolute Gasteiger partial charge is 0.392 e. The predicted molar refractivity (Wildman–Crippen MR) is 179 cm³/mol. The zero-order chi connectivity index (χ0) is 31.7. The van der Waals surface area contributed by atoms with E-state index in [-0.39, 0.29) is 36.3 Å². The van der Waals surface area contributed by atoms with E-state index >= 15 is 0 Å². The monoisotopic (exact) mass is 641 g/mol. The van der Waals surface area contributed by atoms with Crippen molar-refractivity contribution < 1.29 is 24.2 Å². The Morgan fingerprint density at radius 1 is 0.783 bits per heavy atom. The van der Waals surface area contributed by atoms with Crippen molar-refractivity contribution in [3.63, 3.8) is 0 Å². The maximum Gasteiger partial charge on any atom is 0.319 e. The molecule has 3 aromatic carbocycles. The Balaban J connectivity index is 1.01. The van der Waals surface area contributed by atoms with Crippen LogP contribution in [-0.4, -0.2) is 34.4 Å². The molecule has 5 aliphatic rings. The number of thioether (sulfide) groups is 1. The summed E-state index contributed by atoms with van der Waals surface area (Å²) in [4.78, 5) is 25.6. The van der Waals surface area contributed by atoms with Crippen LogP contribution >= 0.6 is 11.8 Å². The molecular formula is C37H43N3O5S. The first-order valence-electron chi connectivity index (χ1n) is 16.5. The minimum atomic E-state index is -0.570. The van der Waals surface area contributed by atoms with E-state index in [1.54, 1.807) is 11.8 Å². The van der Waals surface area contributed by atoms with Gasteiger partial charge in [-0.3, -0.25) is 4.79 Å². The van der Waals surface area contributed by atoms with Gasteiger partial charge in [-0.25, -0.2) is 4.79 Å². The summed E-state index contributed by atoms with van der Waals surface area (Å²) in [6.45, 7) is 1.50. The van der Waals surface area contributed by atoms with E-state index in [1.165, 1.54) is 26.2 Å². The number of rotatable bonds is 9. The summed E-state index contributed by atoms with van der Waals surface area (Å²) >= 11 is 1.71. The van der Waals surface area contributed by atoms with Gasteiger partial charge in [0.05, 0.1) is 18.8 Å². The van der Waals surface area contributed by atoms with E-state index < -0.39 is 6.29 Å². The summed E-state index contributed by atoms with van der Waals surface area (Å²) in [5.41, 5.74) is 4.27. The van der Waals surface area contributed by atoms with E-state index in [4.69, 9.17) is 9.47 Å². The van der Waals surface area contributed by atoms with E-state index in [1.807, 2.05) is 72.8 Å². The Kier molecular flexibility index (Phi) is 9.10. The summed E-state index contributed by atoms with van der Waals surface area (Å²) in [6.07, 6.45) is 7.25. The number of amides is 3. The lowest BCUT2D eigenvalue weighted by molar-refractivity contribution is -0.245. The van der Waals surface area contributed by atoms with Gasteiger partial charge in [-0.15, -0.1) is 11.8 Å². The highest BCUT2D eigenvalue weighted by Gasteiger charge is 2.51. The molecule has 46 heavy (non-hydrogen) atoms. The van der Waals surface area contributed by atoms with Crippen molar-refractivity contribution in [2.45, 2.75) is 87.4 Å². The lowest BCUT2D eigenvalue weighted by Crippen LogP contribution is -2.60. The van der Waals surface area contributed by atoms with Crippen LogP contribution in [0.5, 0.6) is 0 Å². The van der Waals surface area contributed by atoms with Crippen LogP contribution in [0.1, 0.15) is 81.0 Å². The molecule has 1 aliphatic heterocycles. The number of aliphatic hydroxyl groups is 1. The zero-order valence-corrected chi connectivity index (χ0v) is 27.1. The Morgan fingerprint density at radius 2 is 1.37 bits per heavy atom. The average molecular weight is 642 g/mol. The number of carbonyl (C=O) groups excluding carboxylic acids is 2. The van der Waals surface area contributed by atoms with Crippen molar-refractivity contribution in [3.8, 4) is 0 Å². The van der Waals surface area contributed by atoms with E-state index in [0.29, 0.717) is 6.42 Å². The molecule has 0 spiro atoms. The molecule has 5 fully saturated rings. The topological polar surface area (TPSA) is 109 Å². The van der Waals surface area contributed by atoms with Crippen molar-refractivity contribution in [3.05, 3.63) is 89.5 Å². The first kappa shape index (κ1) is 31.2. The van der Waals surface area contributed by atoms with Gasteiger partial charge in [-0.1, -0.05) is 36.4 Å². The number of carbonyl (C=O) groups is 2. The fourth-order valence-corrected chi connectivity index (χ4v) is 9.36. The van der Waals surface area contributed by atoms with E-state index in [0.717, 1.165) is 75.7 Å². The van der Waals surface area contributed by atoms with Gasteiger partial charge in [0.15, 0.2) is 6.29 Å². The molecule has 3 amide bonds.